The number of hydrogen-bond acceptors (Lipinski definition) is 3. The highest BCUT2D eigenvalue weighted by molar-refractivity contribution is 5.77. The highest BCUT2D eigenvalue weighted by Gasteiger charge is 2.20. The third-order valence-corrected chi connectivity index (χ3v) is 3.46. The number of hydrogen-bond donors (Lipinski definition) is 3. The van der Waals surface area contributed by atoms with Gasteiger partial charge in [0, 0.05) is 13.0 Å². The summed E-state index contributed by atoms with van der Waals surface area (Å²) >= 11 is 0. The van der Waals surface area contributed by atoms with Crippen LogP contribution in [0.4, 0.5) is 0 Å². The Balaban J connectivity index is 2.24. The number of carboxylic acids is 1. The van der Waals surface area contributed by atoms with Gasteiger partial charge in [-0.3, -0.25) is 9.59 Å². The van der Waals surface area contributed by atoms with Gasteiger partial charge in [0.25, 0.3) is 0 Å². The van der Waals surface area contributed by atoms with E-state index in [2.05, 4.69) is 10.6 Å². The summed E-state index contributed by atoms with van der Waals surface area (Å²) < 4.78 is 0. The van der Waals surface area contributed by atoms with E-state index in [0.29, 0.717) is 18.8 Å². The number of carbonyl (C=O) groups excluding carboxylic acids is 1. The predicted molar refractivity (Wildman–Crippen MR) is 69.3 cm³/mol. The third kappa shape index (κ3) is 5.49. The van der Waals surface area contributed by atoms with Gasteiger partial charge in [-0.15, -0.1) is 0 Å². The molecule has 0 aromatic carbocycles. The zero-order valence-corrected chi connectivity index (χ0v) is 11.1. The Kier molecular flexibility index (Phi) is 6.72. The maximum absolute atomic E-state index is 11.7. The van der Waals surface area contributed by atoms with Gasteiger partial charge in [0.1, 0.15) is 0 Å². The molecule has 104 valence electrons. The molecule has 1 heterocycles. The van der Waals surface area contributed by atoms with Crippen molar-refractivity contribution in [1.29, 1.82) is 0 Å². The van der Waals surface area contributed by atoms with Crippen LogP contribution in [-0.2, 0) is 9.59 Å². The molecule has 3 N–H and O–H groups in total. The van der Waals surface area contributed by atoms with E-state index >= 15 is 0 Å². The number of rotatable bonds is 7. The standard InChI is InChI=1S/C13H24N2O3/c1-2-3-11(13(17)18)9-15-12(16)8-10-4-6-14-7-5-10/h10-11,14H,2-9H2,1H3,(H,15,16)(H,17,18). The number of aliphatic carboxylic acids is 1. The molecule has 0 saturated carbocycles. The normalized spacial score (nSPS) is 18.3. The van der Waals surface area contributed by atoms with Crippen molar-refractivity contribution in [3.63, 3.8) is 0 Å². The van der Waals surface area contributed by atoms with Gasteiger partial charge in [0.05, 0.1) is 5.92 Å². The van der Waals surface area contributed by atoms with E-state index in [1.807, 2.05) is 6.92 Å². The van der Waals surface area contributed by atoms with Crippen LogP contribution in [0, 0.1) is 11.8 Å². The molecule has 0 aromatic heterocycles. The Labute approximate surface area is 108 Å². The molecule has 5 heteroatoms. The van der Waals surface area contributed by atoms with Crippen molar-refractivity contribution in [2.45, 2.75) is 39.0 Å². The Hall–Kier alpha value is -1.10. The summed E-state index contributed by atoms with van der Waals surface area (Å²) in [7, 11) is 0. The largest absolute Gasteiger partial charge is 0.481 e. The molecule has 18 heavy (non-hydrogen) atoms. The average molecular weight is 256 g/mol. The van der Waals surface area contributed by atoms with Crippen molar-refractivity contribution in [1.82, 2.24) is 10.6 Å². The number of piperidine rings is 1. The van der Waals surface area contributed by atoms with E-state index in [4.69, 9.17) is 5.11 Å². The second kappa shape index (κ2) is 8.08. The van der Waals surface area contributed by atoms with Crippen LogP contribution in [0.3, 0.4) is 0 Å². The van der Waals surface area contributed by atoms with Crippen LogP contribution in [-0.4, -0.2) is 36.6 Å². The van der Waals surface area contributed by atoms with E-state index < -0.39 is 11.9 Å². The molecule has 1 aliphatic rings. The van der Waals surface area contributed by atoms with Crippen molar-refractivity contribution in [3.8, 4) is 0 Å². The Morgan fingerprint density at radius 1 is 1.39 bits per heavy atom. The van der Waals surface area contributed by atoms with Crippen LogP contribution in [0.5, 0.6) is 0 Å². The summed E-state index contributed by atoms with van der Waals surface area (Å²) in [5.41, 5.74) is 0. The Morgan fingerprint density at radius 2 is 2.06 bits per heavy atom. The molecule has 1 rings (SSSR count). The van der Waals surface area contributed by atoms with Gasteiger partial charge < -0.3 is 15.7 Å². The van der Waals surface area contributed by atoms with Crippen LogP contribution in [0.1, 0.15) is 39.0 Å². The van der Waals surface area contributed by atoms with Crippen molar-refractivity contribution < 1.29 is 14.7 Å². The van der Waals surface area contributed by atoms with Gasteiger partial charge in [0.2, 0.25) is 5.91 Å². The molecule has 1 fully saturated rings. The first-order chi connectivity index (χ1) is 8.63. The molecule has 0 spiro atoms. The predicted octanol–water partition coefficient (Wildman–Crippen LogP) is 0.993. The molecule has 1 unspecified atom stereocenters. The maximum atomic E-state index is 11.7. The molecule has 1 aliphatic heterocycles. The van der Waals surface area contributed by atoms with E-state index in [-0.39, 0.29) is 12.5 Å². The number of nitrogens with one attached hydrogen (secondary N) is 2. The minimum Gasteiger partial charge on any atom is -0.481 e. The van der Waals surface area contributed by atoms with Gasteiger partial charge in [0.15, 0.2) is 0 Å². The van der Waals surface area contributed by atoms with Crippen LogP contribution < -0.4 is 10.6 Å². The van der Waals surface area contributed by atoms with E-state index in [1.54, 1.807) is 0 Å². The lowest BCUT2D eigenvalue weighted by Crippen LogP contribution is -2.35. The van der Waals surface area contributed by atoms with Crippen LogP contribution in [0.2, 0.25) is 0 Å². The summed E-state index contributed by atoms with van der Waals surface area (Å²) in [6, 6.07) is 0. The number of amides is 1. The van der Waals surface area contributed by atoms with Crippen LogP contribution in [0.25, 0.3) is 0 Å². The number of carboxylic acid groups (broad SMARTS) is 1. The highest BCUT2D eigenvalue weighted by atomic mass is 16.4. The zero-order chi connectivity index (χ0) is 13.4. The maximum Gasteiger partial charge on any atom is 0.308 e. The minimum absolute atomic E-state index is 0.00995. The Morgan fingerprint density at radius 3 is 2.61 bits per heavy atom. The molecule has 0 radical (unpaired) electrons. The van der Waals surface area contributed by atoms with Gasteiger partial charge in [-0.2, -0.15) is 0 Å². The summed E-state index contributed by atoms with van der Waals surface area (Å²) in [5, 5.41) is 15.0. The van der Waals surface area contributed by atoms with Gasteiger partial charge in [-0.1, -0.05) is 13.3 Å². The van der Waals surface area contributed by atoms with Crippen molar-refractivity contribution in [2.24, 2.45) is 11.8 Å². The molecular formula is C13H24N2O3. The Bertz CT molecular complexity index is 275. The lowest BCUT2D eigenvalue weighted by atomic mass is 9.94. The topological polar surface area (TPSA) is 78.4 Å². The van der Waals surface area contributed by atoms with E-state index in [1.165, 1.54) is 0 Å². The molecule has 1 amide bonds. The van der Waals surface area contributed by atoms with Crippen LogP contribution >= 0.6 is 0 Å². The minimum atomic E-state index is -0.820. The van der Waals surface area contributed by atoms with Crippen molar-refractivity contribution >= 4 is 11.9 Å². The first kappa shape index (κ1) is 15.0. The van der Waals surface area contributed by atoms with E-state index in [0.717, 1.165) is 32.4 Å². The summed E-state index contributed by atoms with van der Waals surface area (Å²) in [6.45, 7) is 4.16. The smallest absolute Gasteiger partial charge is 0.308 e. The molecular weight excluding hydrogens is 232 g/mol. The summed E-state index contributed by atoms with van der Waals surface area (Å²) in [6.07, 6.45) is 4.03. The monoisotopic (exact) mass is 256 g/mol. The number of carbonyl (C=O) groups is 2. The fraction of sp³-hybridized carbons (Fsp3) is 0.846. The molecule has 1 saturated heterocycles. The molecule has 5 nitrogen and oxygen atoms in total. The first-order valence-electron chi connectivity index (χ1n) is 6.83. The fourth-order valence-corrected chi connectivity index (χ4v) is 2.32. The van der Waals surface area contributed by atoms with Crippen molar-refractivity contribution in [3.05, 3.63) is 0 Å². The lowest BCUT2D eigenvalue weighted by Gasteiger charge is -2.22. The first-order valence-corrected chi connectivity index (χ1v) is 6.83. The second-order valence-corrected chi connectivity index (χ2v) is 5.03. The quantitative estimate of drug-likeness (QED) is 0.635. The van der Waals surface area contributed by atoms with Gasteiger partial charge in [-0.25, -0.2) is 0 Å². The van der Waals surface area contributed by atoms with Gasteiger partial charge in [-0.05, 0) is 38.3 Å². The summed E-state index contributed by atoms with van der Waals surface area (Å²) in [4.78, 5) is 22.7. The average Bonchev–Trinajstić information content (AvgIpc) is 2.35. The molecule has 0 aliphatic carbocycles. The van der Waals surface area contributed by atoms with E-state index in [9.17, 15) is 9.59 Å². The lowest BCUT2D eigenvalue weighted by molar-refractivity contribution is -0.141. The fourth-order valence-electron chi connectivity index (χ4n) is 2.32. The van der Waals surface area contributed by atoms with Gasteiger partial charge >= 0.3 is 5.97 Å². The molecule has 1 atom stereocenters. The highest BCUT2D eigenvalue weighted by Crippen LogP contribution is 2.15. The SMILES string of the molecule is CCCC(CNC(=O)CC1CCNCC1)C(=O)O. The third-order valence-electron chi connectivity index (χ3n) is 3.46. The second-order valence-electron chi connectivity index (χ2n) is 5.03. The molecule has 0 aromatic rings. The van der Waals surface area contributed by atoms with Crippen LogP contribution in [0.15, 0.2) is 0 Å². The van der Waals surface area contributed by atoms with Crippen molar-refractivity contribution in [2.75, 3.05) is 19.6 Å². The summed E-state index contributed by atoms with van der Waals surface area (Å²) in [5.74, 6) is -0.837. The molecule has 0 bridgehead atoms. The zero-order valence-electron chi connectivity index (χ0n) is 11.1.